The summed E-state index contributed by atoms with van der Waals surface area (Å²) in [7, 11) is 1.44. The topological polar surface area (TPSA) is 66.5 Å². The van der Waals surface area contributed by atoms with Crippen molar-refractivity contribution in [2.75, 3.05) is 12.4 Å². The SMILES string of the molecule is Cc1cccc(C(=O)Nc2ccc3c(c2)C(=O)N(C)C3=O)c1I. The van der Waals surface area contributed by atoms with Gasteiger partial charge in [-0.05, 0) is 59.3 Å². The third-order valence-electron chi connectivity index (χ3n) is 3.78. The number of fused-ring (bicyclic) bond motifs is 1. The molecular formula is C17H13IN2O3. The van der Waals surface area contributed by atoms with E-state index in [4.69, 9.17) is 0 Å². The lowest BCUT2D eigenvalue weighted by Crippen LogP contribution is -2.24. The standard InChI is InChI=1S/C17H13IN2O3/c1-9-4-3-5-12(14(9)18)15(21)19-10-6-7-11-13(8-10)17(23)20(2)16(11)22/h3-8H,1-2H3,(H,19,21). The van der Waals surface area contributed by atoms with Gasteiger partial charge in [0.05, 0.1) is 16.7 Å². The van der Waals surface area contributed by atoms with Gasteiger partial charge in [0, 0.05) is 16.3 Å². The van der Waals surface area contributed by atoms with Gasteiger partial charge >= 0.3 is 0 Å². The Kier molecular flexibility index (Phi) is 3.93. The summed E-state index contributed by atoms with van der Waals surface area (Å²) >= 11 is 2.13. The monoisotopic (exact) mass is 420 g/mol. The van der Waals surface area contributed by atoms with Gasteiger partial charge in [-0.2, -0.15) is 0 Å². The molecule has 3 amide bonds. The highest BCUT2D eigenvalue weighted by atomic mass is 127. The van der Waals surface area contributed by atoms with Crippen LogP contribution in [0.4, 0.5) is 5.69 Å². The van der Waals surface area contributed by atoms with Crippen LogP contribution in [0.5, 0.6) is 0 Å². The molecule has 3 rings (SSSR count). The minimum Gasteiger partial charge on any atom is -0.322 e. The van der Waals surface area contributed by atoms with Crippen molar-refractivity contribution in [1.82, 2.24) is 4.90 Å². The molecule has 0 radical (unpaired) electrons. The number of carbonyl (C=O) groups excluding carboxylic acids is 3. The number of anilines is 1. The first kappa shape index (κ1) is 15.7. The molecule has 1 N–H and O–H groups in total. The molecule has 0 atom stereocenters. The molecule has 0 saturated carbocycles. The van der Waals surface area contributed by atoms with Crippen molar-refractivity contribution in [2.24, 2.45) is 0 Å². The number of rotatable bonds is 2. The molecule has 1 aliphatic rings. The number of carbonyl (C=O) groups is 3. The number of imide groups is 1. The Morgan fingerprint density at radius 1 is 1.09 bits per heavy atom. The number of hydrogen-bond acceptors (Lipinski definition) is 3. The first-order valence-corrected chi connectivity index (χ1v) is 8.01. The number of aryl methyl sites for hydroxylation is 1. The number of benzene rings is 2. The average Bonchev–Trinajstić information content (AvgIpc) is 2.74. The van der Waals surface area contributed by atoms with Gasteiger partial charge < -0.3 is 5.32 Å². The van der Waals surface area contributed by atoms with Crippen molar-refractivity contribution in [3.8, 4) is 0 Å². The van der Waals surface area contributed by atoms with E-state index in [-0.39, 0.29) is 17.7 Å². The fourth-order valence-electron chi connectivity index (χ4n) is 2.46. The van der Waals surface area contributed by atoms with E-state index in [9.17, 15) is 14.4 Å². The van der Waals surface area contributed by atoms with Crippen LogP contribution in [0.25, 0.3) is 0 Å². The molecule has 0 fully saturated rings. The summed E-state index contributed by atoms with van der Waals surface area (Å²) in [5, 5.41) is 2.78. The van der Waals surface area contributed by atoms with Crippen LogP contribution in [0.2, 0.25) is 0 Å². The fraction of sp³-hybridized carbons (Fsp3) is 0.118. The van der Waals surface area contributed by atoms with Gasteiger partial charge in [-0.25, -0.2) is 0 Å². The molecule has 2 aromatic carbocycles. The number of nitrogens with one attached hydrogen (secondary N) is 1. The highest BCUT2D eigenvalue weighted by Gasteiger charge is 2.32. The maximum absolute atomic E-state index is 12.4. The lowest BCUT2D eigenvalue weighted by molar-refractivity contribution is 0.0692. The van der Waals surface area contributed by atoms with Gasteiger partial charge in [0.25, 0.3) is 17.7 Å². The fourth-order valence-corrected chi connectivity index (χ4v) is 3.06. The van der Waals surface area contributed by atoms with Crippen LogP contribution in [0.15, 0.2) is 36.4 Å². The van der Waals surface area contributed by atoms with Gasteiger partial charge in [0.1, 0.15) is 0 Å². The van der Waals surface area contributed by atoms with Crippen molar-refractivity contribution < 1.29 is 14.4 Å². The van der Waals surface area contributed by atoms with Crippen molar-refractivity contribution >= 4 is 46.0 Å². The van der Waals surface area contributed by atoms with E-state index in [0.717, 1.165) is 14.0 Å². The van der Waals surface area contributed by atoms with Crippen LogP contribution in [-0.4, -0.2) is 29.7 Å². The summed E-state index contributed by atoms with van der Waals surface area (Å²) in [5.41, 5.74) is 2.76. The van der Waals surface area contributed by atoms with Crippen molar-refractivity contribution in [1.29, 1.82) is 0 Å². The van der Waals surface area contributed by atoms with Crippen LogP contribution < -0.4 is 5.32 Å². The van der Waals surface area contributed by atoms with Gasteiger partial charge in [0.15, 0.2) is 0 Å². The summed E-state index contributed by atoms with van der Waals surface area (Å²) in [5.74, 6) is -0.925. The second-order valence-corrected chi connectivity index (χ2v) is 6.40. The van der Waals surface area contributed by atoms with Gasteiger partial charge in [-0.1, -0.05) is 12.1 Å². The average molecular weight is 420 g/mol. The molecule has 2 aromatic rings. The highest BCUT2D eigenvalue weighted by Crippen LogP contribution is 2.25. The normalized spacial score (nSPS) is 13.3. The number of halogens is 1. The zero-order valence-corrected chi connectivity index (χ0v) is 14.7. The lowest BCUT2D eigenvalue weighted by atomic mass is 10.1. The summed E-state index contributed by atoms with van der Waals surface area (Å²) in [4.78, 5) is 37.4. The largest absolute Gasteiger partial charge is 0.322 e. The van der Waals surface area contributed by atoms with Crippen LogP contribution in [0, 0.1) is 10.5 Å². The maximum atomic E-state index is 12.4. The Morgan fingerprint density at radius 2 is 1.78 bits per heavy atom. The van der Waals surface area contributed by atoms with Crippen molar-refractivity contribution in [3.05, 3.63) is 62.2 Å². The Bertz CT molecular complexity index is 861. The molecule has 0 aliphatic carbocycles. The minimum absolute atomic E-state index is 0.247. The molecule has 1 heterocycles. The van der Waals surface area contributed by atoms with Crippen LogP contribution in [0.3, 0.4) is 0 Å². The van der Waals surface area contributed by atoms with Gasteiger partial charge in [-0.3, -0.25) is 19.3 Å². The Morgan fingerprint density at radius 3 is 2.52 bits per heavy atom. The van der Waals surface area contributed by atoms with E-state index in [1.807, 2.05) is 19.1 Å². The summed E-state index contributed by atoms with van der Waals surface area (Å²) in [6, 6.07) is 10.2. The van der Waals surface area contributed by atoms with Gasteiger partial charge in [-0.15, -0.1) is 0 Å². The zero-order chi connectivity index (χ0) is 16.7. The molecule has 0 aromatic heterocycles. The van der Waals surface area contributed by atoms with E-state index in [2.05, 4.69) is 27.9 Å². The molecule has 6 heteroatoms. The van der Waals surface area contributed by atoms with E-state index in [1.54, 1.807) is 24.3 Å². The molecule has 0 unspecified atom stereocenters. The molecule has 0 saturated heterocycles. The van der Waals surface area contributed by atoms with Crippen LogP contribution in [-0.2, 0) is 0 Å². The van der Waals surface area contributed by atoms with Crippen molar-refractivity contribution in [2.45, 2.75) is 6.92 Å². The molecule has 5 nitrogen and oxygen atoms in total. The summed E-state index contributed by atoms with van der Waals surface area (Å²) in [6.45, 7) is 1.94. The number of amides is 3. The Balaban J connectivity index is 1.90. The third kappa shape index (κ3) is 2.63. The summed E-state index contributed by atoms with van der Waals surface area (Å²) < 4.78 is 0.884. The predicted molar refractivity (Wildman–Crippen MR) is 94.7 cm³/mol. The Labute approximate surface area is 146 Å². The number of hydrogen-bond donors (Lipinski definition) is 1. The van der Waals surface area contributed by atoms with Crippen molar-refractivity contribution in [3.63, 3.8) is 0 Å². The maximum Gasteiger partial charge on any atom is 0.261 e. The lowest BCUT2D eigenvalue weighted by Gasteiger charge is -2.09. The molecule has 0 bridgehead atoms. The Hall–Kier alpha value is -2.22. The van der Waals surface area contributed by atoms with E-state index in [0.29, 0.717) is 22.4 Å². The number of nitrogens with zero attached hydrogens (tertiary/aromatic N) is 1. The molecule has 1 aliphatic heterocycles. The molecule has 116 valence electrons. The highest BCUT2D eigenvalue weighted by molar-refractivity contribution is 14.1. The van der Waals surface area contributed by atoms with Crippen LogP contribution in [0.1, 0.15) is 36.6 Å². The van der Waals surface area contributed by atoms with Crippen LogP contribution >= 0.6 is 22.6 Å². The summed E-state index contributed by atoms with van der Waals surface area (Å²) in [6.07, 6.45) is 0. The first-order valence-electron chi connectivity index (χ1n) is 6.93. The molecular weight excluding hydrogens is 407 g/mol. The molecule has 23 heavy (non-hydrogen) atoms. The van der Waals surface area contributed by atoms with E-state index >= 15 is 0 Å². The molecule has 0 spiro atoms. The second-order valence-electron chi connectivity index (χ2n) is 5.32. The van der Waals surface area contributed by atoms with E-state index in [1.165, 1.54) is 7.05 Å². The predicted octanol–water partition coefficient (Wildman–Crippen LogP) is 3.08. The van der Waals surface area contributed by atoms with E-state index < -0.39 is 0 Å². The smallest absolute Gasteiger partial charge is 0.261 e. The first-order chi connectivity index (χ1) is 10.9. The third-order valence-corrected chi connectivity index (χ3v) is 5.22. The minimum atomic E-state index is -0.355. The zero-order valence-electron chi connectivity index (χ0n) is 12.5. The van der Waals surface area contributed by atoms with Gasteiger partial charge in [0.2, 0.25) is 0 Å². The quantitative estimate of drug-likeness (QED) is 0.600. The second kappa shape index (κ2) is 5.77.